The maximum atomic E-state index is 12.5. The summed E-state index contributed by atoms with van der Waals surface area (Å²) in [6.45, 7) is 8.40. The highest BCUT2D eigenvalue weighted by molar-refractivity contribution is 7.89. The van der Waals surface area contributed by atoms with Crippen LogP contribution >= 0.6 is 0 Å². The molecular weight excluding hydrogens is 340 g/mol. The minimum absolute atomic E-state index is 0.0176. The van der Waals surface area contributed by atoms with E-state index in [0.717, 1.165) is 37.4 Å². The summed E-state index contributed by atoms with van der Waals surface area (Å²) in [5.41, 5.74) is 1.73. The SMILES string of the molecule is CC(=O)N1c2ccc(S(=O)(=O)NCCN3CCNCC3)cc2CC1C. The van der Waals surface area contributed by atoms with Gasteiger partial charge in [-0.15, -0.1) is 0 Å². The summed E-state index contributed by atoms with van der Waals surface area (Å²) in [7, 11) is -3.53. The van der Waals surface area contributed by atoms with Gasteiger partial charge in [0.2, 0.25) is 15.9 Å². The lowest BCUT2D eigenvalue weighted by molar-refractivity contribution is -0.116. The number of anilines is 1. The third-order valence-corrected chi connectivity index (χ3v) is 6.30. The normalized spacial score (nSPS) is 21.4. The lowest BCUT2D eigenvalue weighted by atomic mass is 10.1. The third-order valence-electron chi connectivity index (χ3n) is 4.85. The van der Waals surface area contributed by atoms with Gasteiger partial charge in [0, 0.05) is 57.9 Å². The molecule has 1 fully saturated rings. The Morgan fingerprint density at radius 1 is 1.32 bits per heavy atom. The van der Waals surface area contributed by atoms with Crippen LogP contribution in [0.4, 0.5) is 5.69 Å². The number of fused-ring (bicyclic) bond motifs is 1. The number of piperazine rings is 1. The molecule has 2 aliphatic rings. The van der Waals surface area contributed by atoms with Crippen molar-refractivity contribution in [3.05, 3.63) is 23.8 Å². The molecule has 0 spiro atoms. The molecule has 138 valence electrons. The van der Waals surface area contributed by atoms with E-state index in [-0.39, 0.29) is 16.8 Å². The first kappa shape index (κ1) is 18.3. The van der Waals surface area contributed by atoms with Gasteiger partial charge < -0.3 is 10.2 Å². The zero-order chi connectivity index (χ0) is 18.0. The largest absolute Gasteiger partial charge is 0.314 e. The molecule has 0 bridgehead atoms. The van der Waals surface area contributed by atoms with E-state index >= 15 is 0 Å². The van der Waals surface area contributed by atoms with Crippen molar-refractivity contribution in [1.29, 1.82) is 0 Å². The number of sulfonamides is 1. The fourth-order valence-electron chi connectivity index (χ4n) is 3.61. The lowest BCUT2D eigenvalue weighted by Crippen LogP contribution is -2.46. The Kier molecular flexibility index (Phi) is 5.43. The molecule has 1 saturated heterocycles. The van der Waals surface area contributed by atoms with E-state index in [9.17, 15) is 13.2 Å². The van der Waals surface area contributed by atoms with Crippen molar-refractivity contribution in [1.82, 2.24) is 14.9 Å². The maximum Gasteiger partial charge on any atom is 0.240 e. The van der Waals surface area contributed by atoms with Crippen LogP contribution in [-0.4, -0.2) is 64.5 Å². The fraction of sp³-hybridized carbons (Fsp3) is 0.588. The van der Waals surface area contributed by atoms with Crippen LogP contribution in [-0.2, 0) is 21.2 Å². The minimum Gasteiger partial charge on any atom is -0.314 e. The lowest BCUT2D eigenvalue weighted by Gasteiger charge is -2.27. The van der Waals surface area contributed by atoms with Gasteiger partial charge >= 0.3 is 0 Å². The minimum atomic E-state index is -3.53. The molecule has 1 aromatic carbocycles. The van der Waals surface area contributed by atoms with Crippen molar-refractivity contribution in [2.45, 2.75) is 31.2 Å². The second kappa shape index (κ2) is 7.41. The molecule has 1 amide bonds. The summed E-state index contributed by atoms with van der Waals surface area (Å²) >= 11 is 0. The Hall–Kier alpha value is -1.48. The second-order valence-electron chi connectivity index (χ2n) is 6.72. The number of hydrogen-bond acceptors (Lipinski definition) is 5. The van der Waals surface area contributed by atoms with E-state index in [0.29, 0.717) is 19.5 Å². The quantitative estimate of drug-likeness (QED) is 0.776. The van der Waals surface area contributed by atoms with Gasteiger partial charge in [-0.05, 0) is 37.1 Å². The number of carbonyl (C=O) groups excluding carboxylic acids is 1. The Balaban J connectivity index is 1.67. The van der Waals surface area contributed by atoms with Crippen molar-refractivity contribution in [2.75, 3.05) is 44.2 Å². The van der Waals surface area contributed by atoms with Crippen LogP contribution in [0.1, 0.15) is 19.4 Å². The molecule has 3 rings (SSSR count). The van der Waals surface area contributed by atoms with Gasteiger partial charge in [0.1, 0.15) is 0 Å². The van der Waals surface area contributed by atoms with Crippen molar-refractivity contribution in [3.63, 3.8) is 0 Å². The molecule has 2 aliphatic heterocycles. The molecule has 1 unspecified atom stereocenters. The number of rotatable bonds is 5. The van der Waals surface area contributed by atoms with Gasteiger partial charge in [-0.3, -0.25) is 9.69 Å². The van der Waals surface area contributed by atoms with Gasteiger partial charge in [-0.25, -0.2) is 13.1 Å². The second-order valence-corrected chi connectivity index (χ2v) is 8.49. The smallest absolute Gasteiger partial charge is 0.240 e. The molecule has 0 aliphatic carbocycles. The summed E-state index contributed by atoms with van der Waals surface area (Å²) in [5.74, 6) is -0.0176. The van der Waals surface area contributed by atoms with Gasteiger partial charge in [0.05, 0.1) is 4.90 Å². The van der Waals surface area contributed by atoms with Gasteiger partial charge in [-0.2, -0.15) is 0 Å². The fourth-order valence-corrected chi connectivity index (χ4v) is 4.68. The van der Waals surface area contributed by atoms with Crippen LogP contribution in [0.5, 0.6) is 0 Å². The third kappa shape index (κ3) is 4.03. The number of nitrogens with zero attached hydrogens (tertiary/aromatic N) is 2. The first-order chi connectivity index (χ1) is 11.9. The summed E-state index contributed by atoms with van der Waals surface area (Å²) in [6.07, 6.45) is 0.680. The van der Waals surface area contributed by atoms with Crippen molar-refractivity contribution in [2.24, 2.45) is 0 Å². The summed E-state index contributed by atoms with van der Waals surface area (Å²) in [4.78, 5) is 16.0. The Morgan fingerprint density at radius 3 is 2.72 bits per heavy atom. The van der Waals surface area contributed by atoms with Crippen molar-refractivity contribution < 1.29 is 13.2 Å². The molecule has 0 radical (unpaired) electrons. The van der Waals surface area contributed by atoms with Gasteiger partial charge in [0.25, 0.3) is 0 Å². The molecule has 8 heteroatoms. The standard InChI is InChI=1S/C17H26N4O3S/c1-13-11-15-12-16(3-4-17(15)21(13)14(2)22)25(23,24)19-7-10-20-8-5-18-6-9-20/h3-4,12-13,18-19H,5-11H2,1-2H3. The molecular formula is C17H26N4O3S. The highest BCUT2D eigenvalue weighted by Crippen LogP contribution is 2.33. The van der Waals surface area contributed by atoms with Crippen LogP contribution < -0.4 is 14.9 Å². The summed E-state index contributed by atoms with van der Waals surface area (Å²) < 4.78 is 27.8. The summed E-state index contributed by atoms with van der Waals surface area (Å²) in [6, 6.07) is 5.08. The zero-order valence-electron chi connectivity index (χ0n) is 14.8. The number of carbonyl (C=O) groups is 1. The van der Waals surface area contributed by atoms with Crippen LogP contribution in [0, 0.1) is 0 Å². The van der Waals surface area contributed by atoms with Gasteiger partial charge in [-0.1, -0.05) is 0 Å². The average Bonchev–Trinajstić information content (AvgIpc) is 2.90. The van der Waals surface area contributed by atoms with Crippen LogP contribution in [0.3, 0.4) is 0 Å². The zero-order valence-corrected chi connectivity index (χ0v) is 15.6. The molecule has 1 aromatic rings. The number of benzene rings is 1. The Morgan fingerprint density at radius 2 is 2.04 bits per heavy atom. The monoisotopic (exact) mass is 366 g/mol. The first-order valence-corrected chi connectivity index (χ1v) is 10.2. The molecule has 2 N–H and O–H groups in total. The van der Waals surface area contributed by atoms with E-state index in [1.54, 1.807) is 23.1 Å². The van der Waals surface area contributed by atoms with Crippen LogP contribution in [0.15, 0.2) is 23.1 Å². The average molecular weight is 366 g/mol. The number of nitrogens with one attached hydrogen (secondary N) is 2. The number of amides is 1. The molecule has 25 heavy (non-hydrogen) atoms. The van der Waals surface area contributed by atoms with E-state index < -0.39 is 10.0 Å². The first-order valence-electron chi connectivity index (χ1n) is 8.74. The van der Waals surface area contributed by atoms with Crippen molar-refractivity contribution in [3.8, 4) is 0 Å². The molecule has 7 nitrogen and oxygen atoms in total. The Labute approximate surface area is 149 Å². The van der Waals surface area contributed by atoms with E-state index in [2.05, 4.69) is 14.9 Å². The Bertz CT molecular complexity index is 744. The van der Waals surface area contributed by atoms with E-state index in [4.69, 9.17) is 0 Å². The van der Waals surface area contributed by atoms with Crippen LogP contribution in [0.2, 0.25) is 0 Å². The topological polar surface area (TPSA) is 81.8 Å². The highest BCUT2D eigenvalue weighted by atomic mass is 32.2. The van der Waals surface area contributed by atoms with E-state index in [1.165, 1.54) is 6.92 Å². The molecule has 0 aromatic heterocycles. The van der Waals surface area contributed by atoms with E-state index in [1.807, 2.05) is 6.92 Å². The summed E-state index contributed by atoms with van der Waals surface area (Å²) in [5, 5.41) is 3.28. The van der Waals surface area contributed by atoms with Crippen molar-refractivity contribution >= 4 is 21.6 Å². The highest BCUT2D eigenvalue weighted by Gasteiger charge is 2.30. The maximum absolute atomic E-state index is 12.5. The number of hydrogen-bond donors (Lipinski definition) is 2. The van der Waals surface area contributed by atoms with Crippen LogP contribution in [0.25, 0.3) is 0 Å². The molecule has 2 heterocycles. The predicted molar refractivity (Wildman–Crippen MR) is 97.3 cm³/mol. The van der Waals surface area contributed by atoms with Gasteiger partial charge in [0.15, 0.2) is 0 Å². The molecule has 1 atom stereocenters. The molecule has 0 saturated carbocycles. The predicted octanol–water partition coefficient (Wildman–Crippen LogP) is 0.168.